The van der Waals surface area contributed by atoms with Crippen LogP contribution in [-0.2, 0) is 15.6 Å². The maximum atomic E-state index is 13.5. The Morgan fingerprint density at radius 1 is 1.20 bits per heavy atom. The predicted octanol–water partition coefficient (Wildman–Crippen LogP) is 2.79. The third-order valence-electron chi connectivity index (χ3n) is 6.06. The summed E-state index contributed by atoms with van der Waals surface area (Å²) in [6.07, 6.45) is 2.98. The summed E-state index contributed by atoms with van der Waals surface area (Å²) in [6.45, 7) is 9.91. The number of rotatable bonds is 11. The molecule has 0 spiro atoms. The zero-order valence-electron chi connectivity index (χ0n) is 20.8. The maximum Gasteiger partial charge on any atom is 0.323 e. The second-order valence-electron chi connectivity index (χ2n) is 8.61. The van der Waals surface area contributed by atoms with Crippen molar-refractivity contribution in [3.05, 3.63) is 34.9 Å². The number of aromatic nitrogens is 3. The van der Waals surface area contributed by atoms with Gasteiger partial charge in [-0.25, -0.2) is 17.9 Å². The highest BCUT2D eigenvalue weighted by Crippen LogP contribution is 2.37. The Hall–Kier alpha value is -2.77. The van der Waals surface area contributed by atoms with Crippen molar-refractivity contribution in [2.75, 3.05) is 42.2 Å². The number of unbranched alkanes of at least 4 members (excludes halogenated alkanes) is 1. The van der Waals surface area contributed by atoms with Gasteiger partial charge in [0.15, 0.2) is 5.82 Å². The number of hydrogen-bond donors (Lipinski definition) is 3. The van der Waals surface area contributed by atoms with Crippen LogP contribution in [0.15, 0.2) is 29.4 Å². The molecule has 13 heteroatoms. The molecular formula is C22H34N8O3S2. The summed E-state index contributed by atoms with van der Waals surface area (Å²) in [5.41, 5.74) is 1.34. The first kappa shape index (κ1) is 26.8. The van der Waals surface area contributed by atoms with Crippen LogP contribution in [0.3, 0.4) is 0 Å². The van der Waals surface area contributed by atoms with Crippen molar-refractivity contribution in [2.45, 2.75) is 46.1 Å². The molecule has 2 heterocycles. The van der Waals surface area contributed by atoms with Crippen molar-refractivity contribution >= 4 is 45.4 Å². The van der Waals surface area contributed by atoms with E-state index in [4.69, 9.17) is 12.2 Å². The third kappa shape index (κ3) is 5.90. The van der Waals surface area contributed by atoms with Gasteiger partial charge in [-0.05, 0) is 63.7 Å². The summed E-state index contributed by atoms with van der Waals surface area (Å²) in [5, 5.41) is 10.5. The van der Waals surface area contributed by atoms with Crippen LogP contribution in [0.25, 0.3) is 0 Å². The minimum atomic E-state index is -3.25. The molecule has 1 unspecified atom stereocenters. The van der Waals surface area contributed by atoms with Crippen LogP contribution in [0.2, 0.25) is 0 Å². The number of nitrogens with one attached hydrogen (secondary N) is 3. The van der Waals surface area contributed by atoms with Gasteiger partial charge in [0, 0.05) is 37.6 Å². The van der Waals surface area contributed by atoms with Crippen molar-refractivity contribution in [2.24, 2.45) is 5.10 Å². The number of sulfonamides is 1. The number of hydrogen-bond acceptors (Lipinski definition) is 7. The molecule has 0 saturated heterocycles. The lowest BCUT2D eigenvalue weighted by molar-refractivity contribution is 0.242. The van der Waals surface area contributed by atoms with Gasteiger partial charge < -0.3 is 10.2 Å². The number of nitrogens with zero attached hydrogens (tertiary/aromatic N) is 5. The Balaban J connectivity index is 1.93. The Bertz CT molecular complexity index is 1240. The van der Waals surface area contributed by atoms with Gasteiger partial charge in [-0.15, -0.1) is 0 Å². The quantitative estimate of drug-likeness (QED) is 0.308. The van der Waals surface area contributed by atoms with Crippen LogP contribution in [0.4, 0.5) is 16.2 Å². The molecule has 0 bridgehead atoms. The summed E-state index contributed by atoms with van der Waals surface area (Å²) >= 11 is 5.21. The van der Waals surface area contributed by atoms with E-state index in [0.29, 0.717) is 48.2 Å². The number of likely N-dealkylation sites (N-methyl/N-ethyl adjacent to an activating group) is 1. The third-order valence-corrected chi connectivity index (χ3v) is 6.97. The number of H-pyrrole nitrogens is 1. The van der Waals surface area contributed by atoms with Crippen LogP contribution in [0, 0.1) is 4.77 Å². The molecular weight excluding hydrogens is 488 g/mol. The Morgan fingerprint density at radius 2 is 1.86 bits per heavy atom. The van der Waals surface area contributed by atoms with Crippen LogP contribution in [-0.4, -0.2) is 67.5 Å². The molecule has 192 valence electrons. The van der Waals surface area contributed by atoms with Crippen LogP contribution >= 0.6 is 12.2 Å². The number of carbonyl (C=O) groups excluding carboxylic acids is 1. The number of amides is 2. The lowest BCUT2D eigenvalue weighted by Gasteiger charge is -2.37. The van der Waals surface area contributed by atoms with E-state index in [1.165, 1.54) is 4.79 Å². The van der Waals surface area contributed by atoms with Gasteiger partial charge in [-0.3, -0.25) is 10.00 Å². The molecule has 0 saturated carbocycles. The lowest BCUT2D eigenvalue weighted by Crippen LogP contribution is -2.55. The molecule has 0 radical (unpaired) electrons. The molecule has 1 aliphatic heterocycles. The van der Waals surface area contributed by atoms with E-state index in [9.17, 15) is 13.2 Å². The zero-order chi connectivity index (χ0) is 25.8. The highest BCUT2D eigenvalue weighted by Gasteiger charge is 2.48. The minimum Gasteiger partial charge on any atom is -0.370 e. The van der Waals surface area contributed by atoms with Gasteiger partial charge in [0.25, 0.3) is 0 Å². The fourth-order valence-corrected chi connectivity index (χ4v) is 4.68. The molecule has 35 heavy (non-hydrogen) atoms. The summed E-state index contributed by atoms with van der Waals surface area (Å²) in [7, 11) is -3.25. The van der Waals surface area contributed by atoms with Crippen molar-refractivity contribution in [3.63, 3.8) is 0 Å². The fourth-order valence-electron chi connectivity index (χ4n) is 4.05. The minimum absolute atomic E-state index is 0.254. The number of fused-ring (bicyclic) bond motifs is 1. The van der Waals surface area contributed by atoms with Gasteiger partial charge in [0.2, 0.25) is 14.8 Å². The van der Waals surface area contributed by atoms with Crippen molar-refractivity contribution in [1.82, 2.24) is 24.9 Å². The first-order valence-electron chi connectivity index (χ1n) is 11.6. The molecule has 3 N–H and O–H groups in total. The second-order valence-corrected chi connectivity index (χ2v) is 10.8. The first-order valence-corrected chi connectivity index (χ1v) is 13.9. The molecule has 0 aliphatic carbocycles. The van der Waals surface area contributed by atoms with E-state index in [1.807, 2.05) is 45.0 Å². The summed E-state index contributed by atoms with van der Waals surface area (Å²) < 4.78 is 25.6. The van der Waals surface area contributed by atoms with E-state index in [2.05, 4.69) is 37.0 Å². The highest BCUT2D eigenvalue weighted by atomic mass is 32.2. The SMILES string of the molecule is CCCCNC(=O)N(c1ccc(N(CC)CCNS(C)(=O)=O)cc1)C1(C)C(C)=Nn2[nH]c(=S)nc21. The van der Waals surface area contributed by atoms with Crippen LogP contribution in [0.5, 0.6) is 0 Å². The molecule has 11 nitrogen and oxygen atoms in total. The largest absolute Gasteiger partial charge is 0.370 e. The molecule has 2 aromatic rings. The van der Waals surface area contributed by atoms with Gasteiger partial charge in [0.1, 0.15) is 5.54 Å². The smallest absolute Gasteiger partial charge is 0.323 e. The molecule has 1 aromatic carbocycles. The number of carbonyl (C=O) groups is 1. The predicted molar refractivity (Wildman–Crippen MR) is 141 cm³/mol. The van der Waals surface area contributed by atoms with E-state index < -0.39 is 15.6 Å². The molecule has 1 aromatic heterocycles. The van der Waals surface area contributed by atoms with Crippen LogP contribution < -0.4 is 19.8 Å². The number of aromatic amines is 1. The Kier molecular flexibility index (Phi) is 8.34. The van der Waals surface area contributed by atoms with Gasteiger partial charge in [-0.2, -0.15) is 14.9 Å². The normalized spacial score (nSPS) is 17.1. The highest BCUT2D eigenvalue weighted by molar-refractivity contribution is 7.88. The van der Waals surface area contributed by atoms with E-state index in [-0.39, 0.29) is 6.03 Å². The van der Waals surface area contributed by atoms with Gasteiger partial charge in [0.05, 0.1) is 12.0 Å². The van der Waals surface area contributed by atoms with Crippen molar-refractivity contribution in [3.8, 4) is 0 Å². The monoisotopic (exact) mass is 522 g/mol. The summed E-state index contributed by atoms with van der Waals surface area (Å²) in [6, 6.07) is 7.35. The molecule has 0 fully saturated rings. The number of urea groups is 1. The first-order chi connectivity index (χ1) is 16.5. The van der Waals surface area contributed by atoms with E-state index in [0.717, 1.165) is 24.8 Å². The average Bonchev–Trinajstić information content (AvgIpc) is 3.26. The molecule has 3 rings (SSSR count). The topological polar surface area (TPSA) is 128 Å². The Morgan fingerprint density at radius 3 is 2.46 bits per heavy atom. The molecule has 1 aliphatic rings. The van der Waals surface area contributed by atoms with Crippen LogP contribution in [0.1, 0.15) is 46.4 Å². The number of anilines is 2. The van der Waals surface area contributed by atoms with E-state index in [1.54, 1.807) is 4.90 Å². The Labute approximate surface area is 211 Å². The average molecular weight is 523 g/mol. The van der Waals surface area contributed by atoms with Crippen molar-refractivity contribution in [1.29, 1.82) is 0 Å². The lowest BCUT2D eigenvalue weighted by atomic mass is 9.93. The summed E-state index contributed by atoms with van der Waals surface area (Å²) in [5.74, 6) is 0.539. The maximum absolute atomic E-state index is 13.5. The van der Waals surface area contributed by atoms with Gasteiger partial charge in [-0.1, -0.05) is 13.3 Å². The molecule has 1 atom stereocenters. The standard InChI is InChI=1S/C22H34N8O3S2/c1-6-8-13-23-21(31)29(22(4)16(3)26-30-19(22)25-20(34)27-30)18-11-9-17(10-12-18)28(7-2)15-14-24-35(5,32)33/h9-12,24H,6-8,13-15H2,1-5H3,(H,23,31)(H,27,34). The number of benzene rings is 1. The second kappa shape index (κ2) is 10.9. The zero-order valence-corrected chi connectivity index (χ0v) is 22.5. The molecule has 2 amide bonds. The fraction of sp³-hybridized carbons (Fsp3) is 0.545. The van der Waals surface area contributed by atoms with E-state index >= 15 is 0 Å². The van der Waals surface area contributed by atoms with Gasteiger partial charge >= 0.3 is 6.03 Å². The van der Waals surface area contributed by atoms with Crippen molar-refractivity contribution < 1.29 is 13.2 Å². The summed E-state index contributed by atoms with van der Waals surface area (Å²) in [4.78, 5) is 23.2.